The molecule has 0 amide bonds. The van der Waals surface area contributed by atoms with Crippen LogP contribution < -0.4 is 20.3 Å². The summed E-state index contributed by atoms with van der Waals surface area (Å²) in [6, 6.07) is 15.2. The van der Waals surface area contributed by atoms with Gasteiger partial charge in [-0.05, 0) is 49.2 Å². The van der Waals surface area contributed by atoms with Crippen LogP contribution in [0, 0.1) is 11.3 Å². The number of pyridine rings is 1. The lowest BCUT2D eigenvalue weighted by Gasteiger charge is -2.18. The van der Waals surface area contributed by atoms with Gasteiger partial charge in [-0.15, -0.1) is 11.3 Å². The number of aliphatic imine (C=N–C) groups is 1. The predicted molar refractivity (Wildman–Crippen MR) is 128 cm³/mol. The Bertz CT molecular complexity index is 1100. The zero-order chi connectivity index (χ0) is 22.2. The van der Waals surface area contributed by atoms with Crippen molar-refractivity contribution in [1.82, 2.24) is 15.3 Å². The van der Waals surface area contributed by atoms with Crippen LogP contribution in [-0.4, -0.2) is 49.2 Å². The van der Waals surface area contributed by atoms with Crippen LogP contribution >= 0.6 is 11.3 Å². The van der Waals surface area contributed by atoms with Gasteiger partial charge in [-0.25, -0.2) is 9.97 Å². The Kier molecular flexibility index (Phi) is 7.15. The fraction of sp³-hybridized carbons (Fsp3) is 0.304. The summed E-state index contributed by atoms with van der Waals surface area (Å²) in [7, 11) is 2.02. The van der Waals surface area contributed by atoms with Gasteiger partial charge in [-0.2, -0.15) is 5.26 Å². The van der Waals surface area contributed by atoms with Crippen molar-refractivity contribution < 1.29 is 4.74 Å². The van der Waals surface area contributed by atoms with Crippen LogP contribution in [0.15, 0.2) is 52.8 Å². The molecule has 8 nitrogen and oxygen atoms in total. The van der Waals surface area contributed by atoms with Crippen LogP contribution in [0.4, 0.5) is 10.9 Å². The molecule has 0 fully saturated rings. The van der Waals surface area contributed by atoms with E-state index >= 15 is 0 Å². The molecule has 1 aliphatic heterocycles. The Balaban J connectivity index is 1.30. The third kappa shape index (κ3) is 5.74. The van der Waals surface area contributed by atoms with Gasteiger partial charge < -0.3 is 20.3 Å². The molecule has 0 saturated heterocycles. The molecule has 4 rings (SSSR count). The number of guanidine groups is 1. The molecular formula is C23H25N7OS. The van der Waals surface area contributed by atoms with Crippen LogP contribution in [-0.2, 0) is 0 Å². The third-order valence-corrected chi connectivity index (χ3v) is 5.66. The first-order valence-electron chi connectivity index (χ1n) is 10.5. The van der Waals surface area contributed by atoms with Crippen LogP contribution in [0.2, 0.25) is 0 Å². The largest absolute Gasteiger partial charge is 0.494 e. The molecule has 3 heterocycles. The maximum atomic E-state index is 8.86. The zero-order valence-corrected chi connectivity index (χ0v) is 18.7. The number of thiazole rings is 1. The van der Waals surface area contributed by atoms with E-state index in [-0.39, 0.29) is 0 Å². The second-order valence-corrected chi connectivity index (χ2v) is 8.17. The molecule has 0 aliphatic carbocycles. The Labute approximate surface area is 191 Å². The molecule has 1 aromatic carbocycles. The summed E-state index contributed by atoms with van der Waals surface area (Å²) < 4.78 is 5.76. The standard InChI is InChI=1S/C23H25N7OS/c1-30(13-4-14-31-18-9-7-17(15-24)8-10-18)21-6-2-5-19(27-21)20-16-32-23(28-20)29-22-25-11-3-12-26-22/h2,5-10,16H,3-4,11-14H2,1H3,(H2,25,26,28,29). The first-order valence-corrected chi connectivity index (χ1v) is 11.4. The van der Waals surface area contributed by atoms with Crippen LogP contribution in [0.3, 0.4) is 0 Å². The van der Waals surface area contributed by atoms with Gasteiger partial charge in [-0.1, -0.05) is 6.07 Å². The molecule has 9 heteroatoms. The summed E-state index contributed by atoms with van der Waals surface area (Å²) in [5, 5.41) is 18.1. The first kappa shape index (κ1) is 21.6. The number of nitrogens with one attached hydrogen (secondary N) is 2. The normalized spacial score (nSPS) is 12.9. The van der Waals surface area contributed by atoms with Gasteiger partial charge in [0, 0.05) is 32.1 Å². The second-order valence-electron chi connectivity index (χ2n) is 7.31. The van der Waals surface area contributed by atoms with Crippen molar-refractivity contribution in [2.24, 2.45) is 4.99 Å². The summed E-state index contributed by atoms with van der Waals surface area (Å²) in [6.45, 7) is 3.16. The number of nitrogens with zero attached hydrogens (tertiary/aromatic N) is 5. The fourth-order valence-electron chi connectivity index (χ4n) is 3.18. The Morgan fingerprint density at radius 2 is 2.06 bits per heavy atom. The van der Waals surface area contributed by atoms with Crippen molar-refractivity contribution in [2.45, 2.75) is 12.8 Å². The average molecular weight is 448 g/mol. The highest BCUT2D eigenvalue weighted by atomic mass is 32.1. The van der Waals surface area contributed by atoms with Crippen molar-refractivity contribution in [3.8, 4) is 23.2 Å². The summed E-state index contributed by atoms with van der Waals surface area (Å²) >= 11 is 1.54. The number of nitriles is 1. The predicted octanol–water partition coefficient (Wildman–Crippen LogP) is 3.74. The van der Waals surface area contributed by atoms with E-state index in [1.807, 2.05) is 42.8 Å². The van der Waals surface area contributed by atoms with Crippen LogP contribution in [0.5, 0.6) is 5.75 Å². The number of benzene rings is 1. The smallest absolute Gasteiger partial charge is 0.197 e. The van der Waals surface area contributed by atoms with E-state index < -0.39 is 0 Å². The fourth-order valence-corrected chi connectivity index (χ4v) is 3.88. The Morgan fingerprint density at radius 3 is 2.84 bits per heavy atom. The molecule has 0 bridgehead atoms. The molecule has 0 unspecified atom stereocenters. The maximum Gasteiger partial charge on any atom is 0.197 e. The van der Waals surface area contributed by atoms with Gasteiger partial charge >= 0.3 is 0 Å². The number of hydrogen-bond acceptors (Lipinski definition) is 9. The first-order chi connectivity index (χ1) is 15.7. The SMILES string of the molecule is CN(CCCOc1ccc(C#N)cc1)c1cccc(-c2csc(NC3=NCCCN3)n2)n1. The highest BCUT2D eigenvalue weighted by molar-refractivity contribution is 7.14. The van der Waals surface area contributed by atoms with E-state index in [2.05, 4.69) is 31.6 Å². The second kappa shape index (κ2) is 10.6. The summed E-state index contributed by atoms with van der Waals surface area (Å²) in [6.07, 6.45) is 1.91. The van der Waals surface area contributed by atoms with Gasteiger partial charge in [0.15, 0.2) is 11.1 Å². The van der Waals surface area contributed by atoms with Crippen molar-refractivity contribution >= 4 is 28.2 Å². The number of hydrogen-bond donors (Lipinski definition) is 2. The highest BCUT2D eigenvalue weighted by Gasteiger charge is 2.11. The van der Waals surface area contributed by atoms with E-state index in [0.717, 1.165) is 66.5 Å². The average Bonchev–Trinajstić information content (AvgIpc) is 3.31. The minimum atomic E-state index is 0.592. The van der Waals surface area contributed by atoms with E-state index in [9.17, 15) is 0 Å². The van der Waals surface area contributed by atoms with E-state index in [1.54, 1.807) is 12.1 Å². The number of aromatic nitrogens is 2. The Hall–Kier alpha value is -3.64. The van der Waals surface area contributed by atoms with E-state index in [1.165, 1.54) is 11.3 Å². The topological polar surface area (TPSA) is 98.5 Å². The maximum absolute atomic E-state index is 8.86. The molecule has 1 aliphatic rings. The van der Waals surface area contributed by atoms with Crippen LogP contribution in [0.1, 0.15) is 18.4 Å². The van der Waals surface area contributed by atoms with E-state index in [0.29, 0.717) is 12.2 Å². The lowest BCUT2D eigenvalue weighted by atomic mass is 10.2. The minimum Gasteiger partial charge on any atom is -0.494 e. The van der Waals surface area contributed by atoms with Gasteiger partial charge in [0.05, 0.1) is 23.9 Å². The van der Waals surface area contributed by atoms with Gasteiger partial charge in [0.2, 0.25) is 0 Å². The number of ether oxygens (including phenoxy) is 1. The lowest BCUT2D eigenvalue weighted by molar-refractivity contribution is 0.312. The molecule has 0 spiro atoms. The number of rotatable bonds is 8. The van der Waals surface area contributed by atoms with Crippen molar-refractivity contribution in [3.05, 3.63) is 53.4 Å². The van der Waals surface area contributed by atoms with E-state index in [4.69, 9.17) is 15.0 Å². The third-order valence-electron chi connectivity index (χ3n) is 4.90. The molecule has 2 N–H and O–H groups in total. The highest BCUT2D eigenvalue weighted by Crippen LogP contribution is 2.25. The summed E-state index contributed by atoms with van der Waals surface area (Å²) in [5.41, 5.74) is 2.31. The Morgan fingerprint density at radius 1 is 1.19 bits per heavy atom. The quantitative estimate of drug-likeness (QED) is 0.508. The molecule has 0 saturated carbocycles. The number of anilines is 2. The molecule has 3 aromatic rings. The zero-order valence-electron chi connectivity index (χ0n) is 17.9. The molecule has 0 radical (unpaired) electrons. The van der Waals surface area contributed by atoms with Gasteiger partial charge in [-0.3, -0.25) is 4.99 Å². The molecule has 164 valence electrons. The molecule has 2 aromatic heterocycles. The van der Waals surface area contributed by atoms with Crippen molar-refractivity contribution in [3.63, 3.8) is 0 Å². The van der Waals surface area contributed by atoms with Crippen LogP contribution in [0.25, 0.3) is 11.4 Å². The summed E-state index contributed by atoms with van der Waals surface area (Å²) in [4.78, 5) is 16.0. The van der Waals surface area contributed by atoms with Gasteiger partial charge in [0.25, 0.3) is 0 Å². The minimum absolute atomic E-state index is 0.592. The molecule has 32 heavy (non-hydrogen) atoms. The van der Waals surface area contributed by atoms with Crippen molar-refractivity contribution in [1.29, 1.82) is 5.26 Å². The van der Waals surface area contributed by atoms with Gasteiger partial charge in [0.1, 0.15) is 17.3 Å². The molecular weight excluding hydrogens is 422 g/mol. The van der Waals surface area contributed by atoms with Crippen molar-refractivity contribution in [2.75, 3.05) is 43.5 Å². The summed E-state index contributed by atoms with van der Waals surface area (Å²) in [5.74, 6) is 2.44. The molecule has 0 atom stereocenters. The lowest BCUT2D eigenvalue weighted by Crippen LogP contribution is -2.35. The monoisotopic (exact) mass is 447 g/mol.